The molecule has 2 aromatic carbocycles. The lowest BCUT2D eigenvalue weighted by molar-refractivity contribution is -0.0950. The molecule has 6 heteroatoms. The van der Waals surface area contributed by atoms with Crippen LogP contribution in [0.1, 0.15) is 49.6 Å². The van der Waals surface area contributed by atoms with Crippen molar-refractivity contribution in [2.45, 2.75) is 44.8 Å². The van der Waals surface area contributed by atoms with Crippen molar-refractivity contribution in [3.05, 3.63) is 77.6 Å². The minimum atomic E-state index is -0.529. The van der Waals surface area contributed by atoms with Crippen molar-refractivity contribution >= 4 is 0 Å². The van der Waals surface area contributed by atoms with Gasteiger partial charge in [0.25, 0.3) is 0 Å². The van der Waals surface area contributed by atoms with Gasteiger partial charge in [0, 0.05) is 63.2 Å². The Morgan fingerprint density at radius 1 is 1.13 bits per heavy atom. The van der Waals surface area contributed by atoms with Crippen LogP contribution in [0, 0.1) is 5.82 Å². The van der Waals surface area contributed by atoms with Gasteiger partial charge in [-0.25, -0.2) is 9.37 Å². The molecule has 0 atom stereocenters. The van der Waals surface area contributed by atoms with E-state index in [1.165, 1.54) is 12.1 Å². The Balaban J connectivity index is 1.48. The molecule has 1 aromatic heterocycles. The van der Waals surface area contributed by atoms with E-state index in [1.807, 2.05) is 42.7 Å². The van der Waals surface area contributed by atoms with E-state index in [9.17, 15) is 4.39 Å². The zero-order chi connectivity index (χ0) is 21.8. The Morgan fingerprint density at radius 2 is 1.87 bits per heavy atom. The molecule has 1 fully saturated rings. The first-order valence-corrected chi connectivity index (χ1v) is 10.7. The maximum atomic E-state index is 14.4. The van der Waals surface area contributed by atoms with Gasteiger partial charge in [-0.2, -0.15) is 0 Å². The number of benzene rings is 2. The third-order valence-electron chi connectivity index (χ3n) is 5.89. The predicted molar refractivity (Wildman–Crippen MR) is 117 cm³/mol. The van der Waals surface area contributed by atoms with Gasteiger partial charge < -0.3 is 18.8 Å². The van der Waals surface area contributed by atoms with Gasteiger partial charge >= 0.3 is 0 Å². The highest BCUT2D eigenvalue weighted by Gasteiger charge is 2.35. The summed E-state index contributed by atoms with van der Waals surface area (Å²) in [5, 5.41) is 0. The molecule has 3 aromatic rings. The number of rotatable bonds is 7. The lowest BCUT2D eigenvalue weighted by Crippen LogP contribution is -2.35. The summed E-state index contributed by atoms with van der Waals surface area (Å²) in [6.07, 6.45) is 5.18. The molecule has 164 valence electrons. The molecular formula is C25H29FN2O3. The van der Waals surface area contributed by atoms with Crippen LogP contribution in [0.2, 0.25) is 0 Å². The second kappa shape index (κ2) is 9.20. The summed E-state index contributed by atoms with van der Waals surface area (Å²) in [6.45, 7) is 5.81. The van der Waals surface area contributed by atoms with Crippen molar-refractivity contribution in [2.24, 2.45) is 0 Å². The van der Waals surface area contributed by atoms with Crippen LogP contribution in [0.5, 0.6) is 5.75 Å². The standard InChI is InChI=1S/C25H29FN2O3/c1-18(2)24-27-10-11-28(24)22-6-4-19(5-7-22)17-31-23-15-20(14-21(26)16-23)25(29-3)8-12-30-13-9-25/h4-7,10-11,14-16,18H,8-9,12-13,17H2,1-3H3. The van der Waals surface area contributed by atoms with Crippen LogP contribution in [-0.4, -0.2) is 29.9 Å². The molecule has 0 spiro atoms. The SMILES string of the molecule is COC1(c2cc(F)cc(OCc3ccc(-n4ccnc4C(C)C)cc3)c2)CCOCC1. The van der Waals surface area contributed by atoms with Crippen molar-refractivity contribution in [1.29, 1.82) is 0 Å². The molecule has 4 rings (SSSR count). The molecular weight excluding hydrogens is 395 g/mol. The molecule has 1 aliphatic heterocycles. The fraction of sp³-hybridized carbons (Fsp3) is 0.400. The first kappa shape index (κ1) is 21.5. The Bertz CT molecular complexity index is 1010. The molecule has 1 saturated heterocycles. The van der Waals surface area contributed by atoms with Gasteiger partial charge in [0.05, 0.1) is 5.60 Å². The summed E-state index contributed by atoms with van der Waals surface area (Å²) in [7, 11) is 1.67. The fourth-order valence-electron chi connectivity index (χ4n) is 4.10. The molecule has 5 nitrogen and oxygen atoms in total. The second-order valence-electron chi connectivity index (χ2n) is 8.25. The molecule has 0 N–H and O–H groups in total. The molecule has 0 unspecified atom stereocenters. The van der Waals surface area contributed by atoms with Gasteiger partial charge in [0.2, 0.25) is 0 Å². The van der Waals surface area contributed by atoms with Crippen LogP contribution in [0.15, 0.2) is 54.9 Å². The first-order chi connectivity index (χ1) is 15.0. The van der Waals surface area contributed by atoms with E-state index in [0.29, 0.717) is 44.3 Å². The van der Waals surface area contributed by atoms with Gasteiger partial charge in [-0.3, -0.25) is 0 Å². The van der Waals surface area contributed by atoms with E-state index in [2.05, 4.69) is 23.4 Å². The summed E-state index contributed by atoms with van der Waals surface area (Å²) in [5.41, 5.74) is 2.33. The quantitative estimate of drug-likeness (QED) is 0.512. The third-order valence-corrected chi connectivity index (χ3v) is 5.89. The number of aromatic nitrogens is 2. The Labute approximate surface area is 182 Å². The van der Waals surface area contributed by atoms with Crippen LogP contribution < -0.4 is 4.74 Å². The molecule has 2 heterocycles. The Morgan fingerprint density at radius 3 is 2.55 bits per heavy atom. The van der Waals surface area contributed by atoms with Crippen LogP contribution in [0.25, 0.3) is 5.69 Å². The Hall–Kier alpha value is -2.70. The topological polar surface area (TPSA) is 45.5 Å². The Kier molecular flexibility index (Phi) is 6.39. The summed E-state index contributed by atoms with van der Waals surface area (Å²) in [6, 6.07) is 13.0. The largest absolute Gasteiger partial charge is 0.489 e. The van der Waals surface area contributed by atoms with Crippen molar-refractivity contribution in [2.75, 3.05) is 20.3 Å². The van der Waals surface area contributed by atoms with Crippen molar-refractivity contribution in [3.8, 4) is 11.4 Å². The molecule has 0 radical (unpaired) electrons. The van der Waals surface area contributed by atoms with E-state index >= 15 is 0 Å². The molecule has 0 bridgehead atoms. The van der Waals surface area contributed by atoms with Crippen LogP contribution >= 0.6 is 0 Å². The van der Waals surface area contributed by atoms with E-state index in [0.717, 1.165) is 22.6 Å². The monoisotopic (exact) mass is 424 g/mol. The maximum absolute atomic E-state index is 14.4. The zero-order valence-electron chi connectivity index (χ0n) is 18.3. The number of methoxy groups -OCH3 is 1. The van der Waals surface area contributed by atoms with E-state index < -0.39 is 5.60 Å². The maximum Gasteiger partial charge on any atom is 0.127 e. The highest BCUT2D eigenvalue weighted by atomic mass is 19.1. The van der Waals surface area contributed by atoms with Crippen molar-refractivity contribution in [3.63, 3.8) is 0 Å². The molecule has 0 saturated carbocycles. The van der Waals surface area contributed by atoms with E-state index in [1.54, 1.807) is 7.11 Å². The van der Waals surface area contributed by atoms with E-state index in [-0.39, 0.29) is 5.82 Å². The molecule has 0 aliphatic carbocycles. The number of hydrogen-bond acceptors (Lipinski definition) is 4. The summed E-state index contributed by atoms with van der Waals surface area (Å²) in [5.74, 6) is 1.54. The molecule has 0 amide bonds. The highest BCUT2D eigenvalue weighted by molar-refractivity contribution is 5.37. The summed E-state index contributed by atoms with van der Waals surface area (Å²) < 4.78 is 33.6. The highest BCUT2D eigenvalue weighted by Crippen LogP contribution is 2.37. The van der Waals surface area contributed by atoms with E-state index in [4.69, 9.17) is 14.2 Å². The van der Waals surface area contributed by atoms with Crippen LogP contribution in [0.4, 0.5) is 4.39 Å². The lowest BCUT2D eigenvalue weighted by atomic mass is 9.86. The van der Waals surface area contributed by atoms with Crippen LogP contribution in [0.3, 0.4) is 0 Å². The third kappa shape index (κ3) is 4.65. The second-order valence-corrected chi connectivity index (χ2v) is 8.25. The average molecular weight is 425 g/mol. The van der Waals surface area contributed by atoms with Crippen molar-refractivity contribution in [1.82, 2.24) is 9.55 Å². The predicted octanol–water partition coefficient (Wildman–Crippen LogP) is 5.37. The summed E-state index contributed by atoms with van der Waals surface area (Å²) >= 11 is 0. The van der Waals surface area contributed by atoms with Gasteiger partial charge in [-0.15, -0.1) is 0 Å². The van der Waals surface area contributed by atoms with Gasteiger partial charge in [-0.05, 0) is 35.4 Å². The molecule has 1 aliphatic rings. The summed E-state index contributed by atoms with van der Waals surface area (Å²) in [4.78, 5) is 4.44. The minimum Gasteiger partial charge on any atom is -0.489 e. The fourth-order valence-corrected chi connectivity index (χ4v) is 4.10. The lowest BCUT2D eigenvalue weighted by Gasteiger charge is -2.36. The van der Waals surface area contributed by atoms with Crippen LogP contribution in [-0.2, 0) is 21.7 Å². The first-order valence-electron chi connectivity index (χ1n) is 10.7. The normalized spacial score (nSPS) is 15.9. The number of ether oxygens (including phenoxy) is 3. The number of hydrogen-bond donors (Lipinski definition) is 0. The minimum absolute atomic E-state index is 0.327. The van der Waals surface area contributed by atoms with Crippen molar-refractivity contribution < 1.29 is 18.6 Å². The number of nitrogens with zero attached hydrogens (tertiary/aromatic N) is 2. The zero-order valence-corrected chi connectivity index (χ0v) is 18.3. The van der Waals surface area contributed by atoms with Gasteiger partial charge in [-0.1, -0.05) is 26.0 Å². The smallest absolute Gasteiger partial charge is 0.127 e. The molecule has 31 heavy (non-hydrogen) atoms. The number of halogens is 1. The number of imidazole rings is 1. The average Bonchev–Trinajstić information content (AvgIpc) is 3.28. The van der Waals surface area contributed by atoms with Gasteiger partial charge in [0.1, 0.15) is 24.0 Å². The van der Waals surface area contributed by atoms with Gasteiger partial charge in [0.15, 0.2) is 0 Å².